The fourth-order valence-electron chi connectivity index (χ4n) is 10.6. The predicted octanol–water partition coefficient (Wildman–Crippen LogP) is 7.01. The summed E-state index contributed by atoms with van der Waals surface area (Å²) in [6.07, 6.45) is 11.1. The van der Waals surface area contributed by atoms with Crippen molar-refractivity contribution in [2.45, 2.75) is 105 Å². The van der Waals surface area contributed by atoms with Crippen LogP contribution >= 0.6 is 0 Å². The number of carboxylic acid groups (broad SMARTS) is 1. The zero-order chi connectivity index (χ0) is 24.2. The Labute approximate surface area is 201 Å². The van der Waals surface area contributed by atoms with Crippen molar-refractivity contribution in [1.29, 1.82) is 0 Å². The van der Waals surface area contributed by atoms with Gasteiger partial charge in [0.25, 0.3) is 0 Å². The van der Waals surface area contributed by atoms with Gasteiger partial charge in [-0.15, -0.1) is 0 Å². The van der Waals surface area contributed by atoms with Gasteiger partial charge in [0.2, 0.25) is 0 Å². The largest absolute Gasteiger partial charge is 0.481 e. The fourth-order valence-corrected chi connectivity index (χ4v) is 10.6. The number of aliphatic carboxylic acids is 1. The maximum absolute atomic E-state index is 12.8. The molecule has 9 atom stereocenters. The molecule has 4 saturated carbocycles. The van der Waals surface area contributed by atoms with Gasteiger partial charge < -0.3 is 10.2 Å². The van der Waals surface area contributed by atoms with E-state index in [1.807, 2.05) is 0 Å². The Balaban J connectivity index is 1.62. The highest BCUT2D eigenvalue weighted by molar-refractivity contribution is 5.77. The summed E-state index contributed by atoms with van der Waals surface area (Å²) in [4.78, 5) is 12.8. The van der Waals surface area contributed by atoms with Gasteiger partial charge in [0.05, 0.1) is 11.5 Å². The van der Waals surface area contributed by atoms with E-state index in [0.29, 0.717) is 11.8 Å². The average Bonchev–Trinajstić information content (AvgIpc) is 2.74. The number of rotatable bonds is 1. The molecule has 0 radical (unpaired) electrons. The Morgan fingerprint density at radius 2 is 1.70 bits per heavy atom. The van der Waals surface area contributed by atoms with Crippen LogP contribution in [0.2, 0.25) is 0 Å². The van der Waals surface area contributed by atoms with Crippen molar-refractivity contribution < 1.29 is 15.0 Å². The molecule has 3 nitrogen and oxygen atoms in total. The van der Waals surface area contributed by atoms with Gasteiger partial charge in [-0.3, -0.25) is 4.79 Å². The van der Waals surface area contributed by atoms with E-state index in [1.165, 1.54) is 24.0 Å². The molecule has 33 heavy (non-hydrogen) atoms. The van der Waals surface area contributed by atoms with Crippen LogP contribution in [0.15, 0.2) is 23.8 Å². The molecule has 5 aliphatic rings. The molecule has 5 aliphatic carbocycles. The van der Waals surface area contributed by atoms with Gasteiger partial charge in [-0.05, 0) is 97.2 Å². The Morgan fingerprint density at radius 3 is 2.36 bits per heavy atom. The lowest BCUT2D eigenvalue weighted by atomic mass is 9.33. The van der Waals surface area contributed by atoms with E-state index in [0.717, 1.165) is 44.9 Å². The summed E-state index contributed by atoms with van der Waals surface area (Å²) in [6.45, 7) is 18.8. The third kappa shape index (κ3) is 2.69. The van der Waals surface area contributed by atoms with Crippen LogP contribution in [-0.4, -0.2) is 22.3 Å². The summed E-state index contributed by atoms with van der Waals surface area (Å²) >= 11 is 0. The summed E-state index contributed by atoms with van der Waals surface area (Å²) in [6, 6.07) is 0. The van der Waals surface area contributed by atoms with Gasteiger partial charge in [0.15, 0.2) is 0 Å². The highest BCUT2D eigenvalue weighted by Crippen LogP contribution is 2.75. The maximum atomic E-state index is 12.8. The smallest absolute Gasteiger partial charge is 0.310 e. The molecule has 184 valence electrons. The van der Waals surface area contributed by atoms with Crippen molar-refractivity contribution in [2.24, 2.45) is 50.7 Å². The first-order valence-corrected chi connectivity index (χ1v) is 13.6. The average molecular weight is 455 g/mol. The number of aliphatic hydroxyl groups excluding tert-OH is 1. The zero-order valence-electron chi connectivity index (χ0n) is 21.8. The van der Waals surface area contributed by atoms with Gasteiger partial charge in [-0.2, -0.15) is 0 Å². The molecular weight excluding hydrogens is 408 g/mol. The first-order chi connectivity index (χ1) is 15.3. The van der Waals surface area contributed by atoms with Crippen LogP contribution in [0.1, 0.15) is 99.3 Å². The van der Waals surface area contributed by atoms with Crippen molar-refractivity contribution in [3.8, 4) is 0 Å². The second-order valence-corrected chi connectivity index (χ2v) is 14.1. The number of aliphatic hydroxyl groups is 1. The molecular formula is C30H46O3. The molecule has 0 spiro atoms. The SMILES string of the molecule is C=C1CC[C@]2(C(=O)O)CC[C@]3(C)C(=CC[C@@H]4[C@@]5(C)CC[C@H](O)C(C)(C)[C@H]5CC[C@]43C)[C@@H]2[C@H]1C. The van der Waals surface area contributed by atoms with E-state index in [4.69, 9.17) is 0 Å². The molecule has 0 aliphatic heterocycles. The van der Waals surface area contributed by atoms with Crippen molar-refractivity contribution in [1.82, 2.24) is 0 Å². The first-order valence-electron chi connectivity index (χ1n) is 13.6. The zero-order valence-corrected chi connectivity index (χ0v) is 21.8. The van der Waals surface area contributed by atoms with Crippen molar-refractivity contribution in [3.05, 3.63) is 23.8 Å². The summed E-state index contributed by atoms with van der Waals surface area (Å²) in [5.41, 5.74) is 2.48. The monoisotopic (exact) mass is 454 g/mol. The van der Waals surface area contributed by atoms with E-state index in [-0.39, 0.29) is 39.6 Å². The second-order valence-electron chi connectivity index (χ2n) is 14.1. The van der Waals surface area contributed by atoms with Gasteiger partial charge in [0, 0.05) is 5.92 Å². The Morgan fingerprint density at radius 1 is 1.00 bits per heavy atom. The van der Waals surface area contributed by atoms with Crippen LogP contribution in [0, 0.1) is 50.7 Å². The molecule has 0 aromatic heterocycles. The number of hydrogen-bond donors (Lipinski definition) is 2. The first kappa shape index (κ1) is 23.6. The highest BCUT2D eigenvalue weighted by atomic mass is 16.4. The van der Waals surface area contributed by atoms with E-state index in [9.17, 15) is 15.0 Å². The molecule has 0 saturated heterocycles. The lowest BCUT2D eigenvalue weighted by Crippen LogP contribution is -2.65. The maximum Gasteiger partial charge on any atom is 0.310 e. The molecule has 3 heteroatoms. The van der Waals surface area contributed by atoms with Crippen molar-refractivity contribution >= 4 is 5.97 Å². The molecule has 0 bridgehead atoms. The van der Waals surface area contributed by atoms with Crippen LogP contribution in [0.5, 0.6) is 0 Å². The number of fused-ring (bicyclic) bond motifs is 7. The van der Waals surface area contributed by atoms with Crippen LogP contribution in [0.4, 0.5) is 0 Å². The molecule has 0 aromatic rings. The fraction of sp³-hybridized carbons (Fsp3) is 0.833. The van der Waals surface area contributed by atoms with Gasteiger partial charge >= 0.3 is 5.97 Å². The van der Waals surface area contributed by atoms with Gasteiger partial charge in [-0.1, -0.05) is 65.3 Å². The summed E-state index contributed by atoms with van der Waals surface area (Å²) in [7, 11) is 0. The Kier molecular flexibility index (Phi) is 5.01. The van der Waals surface area contributed by atoms with E-state index >= 15 is 0 Å². The second kappa shape index (κ2) is 6.99. The molecule has 4 fully saturated rings. The van der Waals surface area contributed by atoms with Crippen LogP contribution in [-0.2, 0) is 4.79 Å². The minimum Gasteiger partial charge on any atom is -0.481 e. The minimum absolute atomic E-state index is 0.0413. The molecule has 2 N–H and O–H groups in total. The standard InChI is InChI=1S/C30H46O3/c1-18-10-15-30(25(32)33)17-16-28(6)20(24(30)19(18)2)8-9-22-27(5)13-12-23(31)26(3,4)21(27)11-14-29(22,28)7/h8,19,21-24,31H,1,9-17H2,2-7H3,(H,32,33)/t19-,21+,22+,23-,24-,27-,28+,29+,30-/m0/s1. The summed E-state index contributed by atoms with van der Waals surface area (Å²) in [5, 5.41) is 21.4. The topological polar surface area (TPSA) is 57.5 Å². The Bertz CT molecular complexity index is 916. The normalized spacial score (nSPS) is 53.1. The summed E-state index contributed by atoms with van der Waals surface area (Å²) in [5.74, 6) is 0.865. The predicted molar refractivity (Wildman–Crippen MR) is 133 cm³/mol. The Hall–Kier alpha value is -1.09. The van der Waals surface area contributed by atoms with Crippen molar-refractivity contribution in [2.75, 3.05) is 0 Å². The molecule has 0 heterocycles. The third-order valence-electron chi connectivity index (χ3n) is 13.0. The number of carbonyl (C=O) groups is 1. The summed E-state index contributed by atoms with van der Waals surface area (Å²) < 4.78 is 0. The third-order valence-corrected chi connectivity index (χ3v) is 13.0. The van der Waals surface area contributed by atoms with Gasteiger partial charge in [0.1, 0.15) is 0 Å². The minimum atomic E-state index is -0.618. The van der Waals surface area contributed by atoms with E-state index in [1.54, 1.807) is 0 Å². The quantitative estimate of drug-likeness (QED) is 0.419. The van der Waals surface area contributed by atoms with Crippen LogP contribution < -0.4 is 0 Å². The van der Waals surface area contributed by atoms with E-state index in [2.05, 4.69) is 54.2 Å². The molecule has 0 unspecified atom stereocenters. The van der Waals surface area contributed by atoms with Crippen LogP contribution in [0.3, 0.4) is 0 Å². The molecule has 0 amide bonds. The molecule has 5 rings (SSSR count). The lowest BCUT2D eigenvalue weighted by Gasteiger charge is -2.71. The highest BCUT2D eigenvalue weighted by Gasteiger charge is 2.69. The lowest BCUT2D eigenvalue weighted by molar-refractivity contribution is -0.204. The van der Waals surface area contributed by atoms with Gasteiger partial charge in [-0.25, -0.2) is 0 Å². The molecule has 0 aromatic carbocycles. The van der Waals surface area contributed by atoms with E-state index < -0.39 is 11.4 Å². The number of carboxylic acids is 1. The number of hydrogen-bond acceptors (Lipinski definition) is 2. The van der Waals surface area contributed by atoms with Crippen molar-refractivity contribution in [3.63, 3.8) is 0 Å². The number of allylic oxidation sites excluding steroid dienone is 3. The van der Waals surface area contributed by atoms with Crippen LogP contribution in [0.25, 0.3) is 0 Å².